The maximum atomic E-state index is 12.0. The highest BCUT2D eigenvalue weighted by Crippen LogP contribution is 2.34. The van der Waals surface area contributed by atoms with Gasteiger partial charge in [0.25, 0.3) is 5.91 Å². The van der Waals surface area contributed by atoms with Gasteiger partial charge in [-0.1, -0.05) is 19.1 Å². The molecule has 6 nitrogen and oxygen atoms in total. The van der Waals surface area contributed by atoms with Crippen molar-refractivity contribution in [3.8, 4) is 11.5 Å². The maximum Gasteiger partial charge on any atom is 0.269 e. The number of carbonyl (C=O) groups is 2. The fourth-order valence-electron chi connectivity index (χ4n) is 2.39. The van der Waals surface area contributed by atoms with Crippen molar-refractivity contribution in [1.82, 2.24) is 10.9 Å². The van der Waals surface area contributed by atoms with Crippen molar-refractivity contribution in [3.63, 3.8) is 0 Å². The highest BCUT2D eigenvalue weighted by atomic mass is 32.2. The van der Waals surface area contributed by atoms with E-state index in [4.69, 9.17) is 9.47 Å². The third-order valence-electron chi connectivity index (χ3n) is 3.82. The number of benzene rings is 2. The van der Waals surface area contributed by atoms with Crippen molar-refractivity contribution in [2.24, 2.45) is 0 Å². The molecule has 136 valence electrons. The summed E-state index contributed by atoms with van der Waals surface area (Å²) in [6.45, 7) is 3.12. The number of rotatable bonds is 5. The fraction of sp³-hybridized carbons (Fsp3) is 0.263. The zero-order chi connectivity index (χ0) is 18.4. The van der Waals surface area contributed by atoms with Crippen LogP contribution in [0, 0.1) is 0 Å². The van der Waals surface area contributed by atoms with E-state index < -0.39 is 0 Å². The molecule has 26 heavy (non-hydrogen) atoms. The van der Waals surface area contributed by atoms with Crippen LogP contribution in [0.3, 0.4) is 0 Å². The molecule has 1 aliphatic rings. The SMILES string of the molecule is CCc1ccc(C(=O)NNC(=O)CSc2ccc3c(c2)OCCO3)cc1. The van der Waals surface area contributed by atoms with E-state index in [1.165, 1.54) is 11.8 Å². The Labute approximate surface area is 156 Å². The van der Waals surface area contributed by atoms with Crippen LogP contribution in [-0.2, 0) is 11.2 Å². The molecule has 2 amide bonds. The molecular formula is C19H20N2O4S. The predicted molar refractivity (Wildman–Crippen MR) is 99.6 cm³/mol. The van der Waals surface area contributed by atoms with Crippen molar-refractivity contribution in [2.45, 2.75) is 18.2 Å². The Hall–Kier alpha value is -2.67. The Morgan fingerprint density at radius 3 is 2.46 bits per heavy atom. The number of hydrazine groups is 1. The van der Waals surface area contributed by atoms with Gasteiger partial charge >= 0.3 is 0 Å². The lowest BCUT2D eigenvalue weighted by molar-refractivity contribution is -0.119. The van der Waals surface area contributed by atoms with Crippen LogP contribution in [0.1, 0.15) is 22.8 Å². The van der Waals surface area contributed by atoms with E-state index >= 15 is 0 Å². The van der Waals surface area contributed by atoms with Gasteiger partial charge in [-0.3, -0.25) is 20.4 Å². The molecule has 0 spiro atoms. The van der Waals surface area contributed by atoms with E-state index in [-0.39, 0.29) is 17.6 Å². The molecule has 0 saturated heterocycles. The Morgan fingerprint density at radius 2 is 1.73 bits per heavy atom. The van der Waals surface area contributed by atoms with Crippen LogP contribution in [0.4, 0.5) is 0 Å². The first-order valence-corrected chi connectivity index (χ1v) is 9.35. The lowest BCUT2D eigenvalue weighted by Crippen LogP contribution is -2.42. The van der Waals surface area contributed by atoms with E-state index in [0.717, 1.165) is 16.9 Å². The molecule has 2 N–H and O–H groups in total. The summed E-state index contributed by atoms with van der Waals surface area (Å²) < 4.78 is 11.0. The van der Waals surface area contributed by atoms with Crippen molar-refractivity contribution in [3.05, 3.63) is 53.6 Å². The molecule has 2 aromatic rings. The van der Waals surface area contributed by atoms with E-state index in [9.17, 15) is 9.59 Å². The zero-order valence-electron chi connectivity index (χ0n) is 14.4. The maximum absolute atomic E-state index is 12.0. The Balaban J connectivity index is 1.46. The van der Waals surface area contributed by atoms with Gasteiger partial charge < -0.3 is 9.47 Å². The molecule has 0 aliphatic carbocycles. The van der Waals surface area contributed by atoms with Crippen LogP contribution in [-0.4, -0.2) is 30.8 Å². The Kier molecular flexibility index (Phi) is 6.01. The molecule has 0 saturated carbocycles. The van der Waals surface area contributed by atoms with Gasteiger partial charge in [-0.2, -0.15) is 0 Å². The Morgan fingerprint density at radius 1 is 1.00 bits per heavy atom. The smallest absolute Gasteiger partial charge is 0.269 e. The number of aryl methyl sites for hydroxylation is 1. The van der Waals surface area contributed by atoms with Gasteiger partial charge in [0.05, 0.1) is 5.75 Å². The number of amides is 2. The van der Waals surface area contributed by atoms with E-state index in [0.29, 0.717) is 30.3 Å². The zero-order valence-corrected chi connectivity index (χ0v) is 15.2. The average Bonchev–Trinajstić information content (AvgIpc) is 2.70. The molecule has 0 radical (unpaired) electrons. The molecule has 3 rings (SSSR count). The molecular weight excluding hydrogens is 352 g/mol. The molecule has 1 heterocycles. The third kappa shape index (κ3) is 4.70. The van der Waals surface area contributed by atoms with Gasteiger partial charge in [0.15, 0.2) is 11.5 Å². The second-order valence-electron chi connectivity index (χ2n) is 5.65. The highest BCUT2D eigenvalue weighted by Gasteiger charge is 2.13. The minimum Gasteiger partial charge on any atom is -0.486 e. The number of fused-ring (bicyclic) bond motifs is 1. The summed E-state index contributed by atoms with van der Waals surface area (Å²) in [5.74, 6) is 0.944. The average molecular weight is 372 g/mol. The first-order chi connectivity index (χ1) is 12.7. The topological polar surface area (TPSA) is 76.7 Å². The van der Waals surface area contributed by atoms with Gasteiger partial charge in [-0.25, -0.2) is 0 Å². The van der Waals surface area contributed by atoms with Crippen LogP contribution in [0.15, 0.2) is 47.4 Å². The van der Waals surface area contributed by atoms with E-state index in [1.54, 1.807) is 12.1 Å². The lowest BCUT2D eigenvalue weighted by atomic mass is 10.1. The standard InChI is InChI=1S/C19H20N2O4S/c1-2-13-3-5-14(6-4-13)19(23)21-20-18(22)12-26-15-7-8-16-17(11-15)25-10-9-24-16/h3-8,11H,2,9-10,12H2,1H3,(H,20,22)(H,21,23). The largest absolute Gasteiger partial charge is 0.486 e. The highest BCUT2D eigenvalue weighted by molar-refractivity contribution is 8.00. The second kappa shape index (κ2) is 8.62. The van der Waals surface area contributed by atoms with E-state index in [1.807, 2.05) is 30.3 Å². The predicted octanol–water partition coefficient (Wildman–Crippen LogP) is 2.57. The summed E-state index contributed by atoms with van der Waals surface area (Å²) in [7, 11) is 0. The molecule has 7 heteroatoms. The number of ether oxygens (including phenoxy) is 2. The Bertz CT molecular complexity index is 793. The number of nitrogens with one attached hydrogen (secondary N) is 2. The molecule has 0 aromatic heterocycles. The molecule has 2 aromatic carbocycles. The van der Waals surface area contributed by atoms with Crippen molar-refractivity contribution < 1.29 is 19.1 Å². The lowest BCUT2D eigenvalue weighted by Gasteiger charge is -2.18. The summed E-state index contributed by atoms with van der Waals surface area (Å²) in [4.78, 5) is 24.9. The van der Waals surface area contributed by atoms with Gasteiger partial charge in [-0.15, -0.1) is 11.8 Å². The molecule has 1 aliphatic heterocycles. The van der Waals surface area contributed by atoms with Crippen LogP contribution >= 0.6 is 11.8 Å². The fourth-order valence-corrected chi connectivity index (χ4v) is 3.11. The summed E-state index contributed by atoms with van der Waals surface area (Å²) in [6, 6.07) is 12.8. The molecule has 0 bridgehead atoms. The van der Waals surface area contributed by atoms with Gasteiger partial charge in [-0.05, 0) is 42.3 Å². The molecule has 0 fully saturated rings. The molecule has 0 unspecified atom stereocenters. The van der Waals surface area contributed by atoms with Crippen molar-refractivity contribution in [2.75, 3.05) is 19.0 Å². The first kappa shape index (κ1) is 18.1. The molecule has 0 atom stereocenters. The number of hydrogen-bond acceptors (Lipinski definition) is 5. The minimum atomic E-state index is -0.342. The normalized spacial score (nSPS) is 12.3. The van der Waals surface area contributed by atoms with Crippen molar-refractivity contribution >= 4 is 23.6 Å². The first-order valence-electron chi connectivity index (χ1n) is 8.36. The van der Waals surface area contributed by atoms with Crippen LogP contribution in [0.5, 0.6) is 11.5 Å². The summed E-state index contributed by atoms with van der Waals surface area (Å²) >= 11 is 1.35. The third-order valence-corrected chi connectivity index (χ3v) is 4.82. The van der Waals surface area contributed by atoms with Gasteiger partial charge in [0, 0.05) is 10.5 Å². The van der Waals surface area contributed by atoms with Crippen LogP contribution < -0.4 is 20.3 Å². The second-order valence-corrected chi connectivity index (χ2v) is 6.70. The quantitative estimate of drug-likeness (QED) is 0.623. The minimum absolute atomic E-state index is 0.175. The monoisotopic (exact) mass is 372 g/mol. The summed E-state index contributed by atoms with van der Waals surface area (Å²) in [5, 5.41) is 0. The summed E-state index contributed by atoms with van der Waals surface area (Å²) in [6.07, 6.45) is 0.912. The number of carbonyl (C=O) groups excluding carboxylic acids is 2. The van der Waals surface area contributed by atoms with Crippen LogP contribution in [0.2, 0.25) is 0 Å². The van der Waals surface area contributed by atoms with E-state index in [2.05, 4.69) is 17.8 Å². The number of thioether (sulfide) groups is 1. The van der Waals surface area contributed by atoms with Gasteiger partial charge in [0.2, 0.25) is 5.91 Å². The van der Waals surface area contributed by atoms with Crippen LogP contribution in [0.25, 0.3) is 0 Å². The summed E-state index contributed by atoms with van der Waals surface area (Å²) in [5.41, 5.74) is 6.51. The van der Waals surface area contributed by atoms with Crippen molar-refractivity contribution in [1.29, 1.82) is 0 Å². The number of hydrogen-bond donors (Lipinski definition) is 2. The van der Waals surface area contributed by atoms with Gasteiger partial charge in [0.1, 0.15) is 13.2 Å².